The van der Waals surface area contributed by atoms with E-state index in [2.05, 4.69) is 35.2 Å². The Morgan fingerprint density at radius 3 is 2.62 bits per heavy atom. The lowest BCUT2D eigenvalue weighted by atomic mass is 10.2. The van der Waals surface area contributed by atoms with Crippen molar-refractivity contribution in [2.45, 2.75) is 26.2 Å². The van der Waals surface area contributed by atoms with E-state index < -0.39 is 0 Å². The predicted octanol–water partition coefficient (Wildman–Crippen LogP) is 4.80. The number of unbranched alkanes of at least 4 members (excludes halogenated alkanes) is 2. The number of allylic oxidation sites excluding steroid dienone is 1. The Bertz CT molecular complexity index is 609. The molecule has 0 aliphatic heterocycles. The van der Waals surface area contributed by atoms with Gasteiger partial charge >= 0.3 is 0 Å². The highest BCUT2D eigenvalue weighted by atomic mass is 15.1. The van der Waals surface area contributed by atoms with Gasteiger partial charge in [0.05, 0.1) is 23.5 Å². The molecule has 3 nitrogen and oxygen atoms in total. The molecule has 1 aromatic heterocycles. The zero-order valence-corrected chi connectivity index (χ0v) is 12.2. The van der Waals surface area contributed by atoms with Gasteiger partial charge in [-0.25, -0.2) is 0 Å². The number of hydrogen-bond acceptors (Lipinski definition) is 3. The smallest absolute Gasteiger partial charge is 0.0991 e. The van der Waals surface area contributed by atoms with Crippen molar-refractivity contribution in [3.63, 3.8) is 0 Å². The zero-order valence-electron chi connectivity index (χ0n) is 12.2. The number of rotatable bonds is 6. The fourth-order valence-electron chi connectivity index (χ4n) is 2.02. The quantitative estimate of drug-likeness (QED) is 0.712. The molecule has 0 radical (unpaired) electrons. The van der Waals surface area contributed by atoms with E-state index in [9.17, 15) is 0 Å². The minimum absolute atomic E-state index is 0.667. The normalized spacial score (nSPS) is 10.5. The van der Waals surface area contributed by atoms with Crippen LogP contribution in [0.4, 0.5) is 11.4 Å². The van der Waals surface area contributed by atoms with Crippen molar-refractivity contribution >= 4 is 11.4 Å². The Kier molecular flexibility index (Phi) is 5.54. The maximum atomic E-state index is 8.90. The van der Waals surface area contributed by atoms with E-state index in [1.165, 1.54) is 12.8 Å². The largest absolute Gasteiger partial charge is 0.316 e. The lowest BCUT2D eigenvalue weighted by Crippen LogP contribution is -2.08. The average Bonchev–Trinajstić information content (AvgIpc) is 2.56. The summed E-state index contributed by atoms with van der Waals surface area (Å²) in [6.45, 7) is 2.19. The van der Waals surface area contributed by atoms with Crippen molar-refractivity contribution in [3.8, 4) is 6.07 Å². The lowest BCUT2D eigenvalue weighted by Gasteiger charge is -2.20. The molecule has 0 aliphatic rings. The molecule has 0 saturated carbocycles. The predicted molar refractivity (Wildman–Crippen MR) is 86.2 cm³/mol. The Morgan fingerprint density at radius 2 is 2.00 bits per heavy atom. The molecule has 1 aromatic carbocycles. The maximum Gasteiger partial charge on any atom is 0.0991 e. The van der Waals surface area contributed by atoms with E-state index >= 15 is 0 Å². The van der Waals surface area contributed by atoms with E-state index in [1.807, 2.05) is 42.6 Å². The first-order chi connectivity index (χ1) is 10.3. The topological polar surface area (TPSA) is 39.9 Å². The fourth-order valence-corrected chi connectivity index (χ4v) is 2.02. The van der Waals surface area contributed by atoms with Gasteiger partial charge in [-0.2, -0.15) is 5.26 Å². The molecular formula is C18H19N3. The van der Waals surface area contributed by atoms with Crippen LogP contribution in [0.5, 0.6) is 0 Å². The Morgan fingerprint density at radius 1 is 1.19 bits per heavy atom. The molecule has 106 valence electrons. The van der Waals surface area contributed by atoms with E-state index in [0.29, 0.717) is 5.56 Å². The lowest BCUT2D eigenvalue weighted by molar-refractivity contribution is 0.813. The highest BCUT2D eigenvalue weighted by molar-refractivity contribution is 5.65. The van der Waals surface area contributed by atoms with Gasteiger partial charge in [-0.3, -0.25) is 4.98 Å². The van der Waals surface area contributed by atoms with Gasteiger partial charge in [0.25, 0.3) is 0 Å². The van der Waals surface area contributed by atoms with Crippen LogP contribution in [-0.2, 0) is 0 Å². The van der Waals surface area contributed by atoms with Crippen molar-refractivity contribution in [2.75, 3.05) is 4.90 Å². The summed E-state index contributed by atoms with van der Waals surface area (Å²) >= 11 is 0. The summed E-state index contributed by atoms with van der Waals surface area (Å²) in [7, 11) is 0. The first-order valence-electron chi connectivity index (χ1n) is 7.21. The number of benzene rings is 1. The van der Waals surface area contributed by atoms with Crippen molar-refractivity contribution in [1.29, 1.82) is 5.26 Å². The number of pyridine rings is 1. The van der Waals surface area contributed by atoms with Gasteiger partial charge in [0.2, 0.25) is 0 Å². The number of hydrogen-bond donors (Lipinski definition) is 0. The second-order valence-electron chi connectivity index (χ2n) is 4.77. The molecule has 0 unspecified atom stereocenters. The van der Waals surface area contributed by atoms with Crippen LogP contribution in [0.1, 0.15) is 31.7 Å². The van der Waals surface area contributed by atoms with Crippen LogP contribution in [0.3, 0.4) is 0 Å². The second kappa shape index (κ2) is 7.86. The van der Waals surface area contributed by atoms with Crippen molar-refractivity contribution in [1.82, 2.24) is 4.98 Å². The summed E-state index contributed by atoms with van der Waals surface area (Å²) in [5.74, 6) is 0. The van der Waals surface area contributed by atoms with Gasteiger partial charge < -0.3 is 4.90 Å². The number of nitrogens with zero attached hydrogens (tertiary/aromatic N) is 3. The van der Waals surface area contributed by atoms with E-state index in [4.69, 9.17) is 5.26 Å². The van der Waals surface area contributed by atoms with Crippen LogP contribution < -0.4 is 4.90 Å². The van der Waals surface area contributed by atoms with Gasteiger partial charge in [0, 0.05) is 18.1 Å². The summed E-state index contributed by atoms with van der Waals surface area (Å²) in [5, 5.41) is 8.90. The van der Waals surface area contributed by atoms with Gasteiger partial charge in [0.15, 0.2) is 0 Å². The van der Waals surface area contributed by atoms with Gasteiger partial charge in [-0.05, 0) is 42.8 Å². The number of aromatic nitrogens is 1. The molecular weight excluding hydrogens is 258 g/mol. The average molecular weight is 277 g/mol. The van der Waals surface area contributed by atoms with Crippen LogP contribution in [-0.4, -0.2) is 4.98 Å². The van der Waals surface area contributed by atoms with Crippen molar-refractivity contribution in [2.24, 2.45) is 0 Å². The summed E-state index contributed by atoms with van der Waals surface area (Å²) < 4.78 is 0. The Balaban J connectivity index is 2.26. The molecule has 3 heteroatoms. The van der Waals surface area contributed by atoms with Crippen molar-refractivity contribution in [3.05, 3.63) is 66.6 Å². The highest BCUT2D eigenvalue weighted by Crippen LogP contribution is 2.25. The maximum absolute atomic E-state index is 8.90. The molecule has 2 rings (SSSR count). The SMILES string of the molecule is CCCCC=CN(c1ccc(C#N)cc1)c1cccnc1. The van der Waals surface area contributed by atoms with E-state index in [1.54, 1.807) is 6.20 Å². The van der Waals surface area contributed by atoms with E-state index in [0.717, 1.165) is 17.8 Å². The highest BCUT2D eigenvalue weighted by Gasteiger charge is 2.06. The molecule has 0 atom stereocenters. The molecule has 0 bridgehead atoms. The molecule has 0 aliphatic carbocycles. The molecule has 0 fully saturated rings. The monoisotopic (exact) mass is 277 g/mol. The van der Waals surface area contributed by atoms with Gasteiger partial charge in [-0.1, -0.05) is 25.8 Å². The fraction of sp³-hybridized carbons (Fsp3) is 0.222. The number of nitriles is 1. The van der Waals surface area contributed by atoms with Crippen LogP contribution in [0.25, 0.3) is 0 Å². The minimum Gasteiger partial charge on any atom is -0.316 e. The molecule has 0 saturated heterocycles. The molecule has 21 heavy (non-hydrogen) atoms. The zero-order chi connectivity index (χ0) is 14.9. The summed E-state index contributed by atoms with van der Waals surface area (Å²) in [4.78, 5) is 6.27. The summed E-state index contributed by atoms with van der Waals surface area (Å²) in [6, 6.07) is 13.7. The first kappa shape index (κ1) is 14.8. The third-order valence-corrected chi connectivity index (χ3v) is 3.18. The minimum atomic E-state index is 0.667. The second-order valence-corrected chi connectivity index (χ2v) is 4.77. The van der Waals surface area contributed by atoms with Crippen LogP contribution >= 0.6 is 0 Å². The summed E-state index contributed by atoms with van der Waals surface area (Å²) in [5.41, 5.74) is 2.70. The van der Waals surface area contributed by atoms with Crippen LogP contribution in [0.2, 0.25) is 0 Å². The van der Waals surface area contributed by atoms with Crippen LogP contribution in [0, 0.1) is 11.3 Å². The molecule has 0 amide bonds. The molecule has 0 spiro atoms. The molecule has 1 heterocycles. The molecule has 0 N–H and O–H groups in total. The van der Waals surface area contributed by atoms with Gasteiger partial charge in [-0.15, -0.1) is 0 Å². The van der Waals surface area contributed by atoms with Crippen molar-refractivity contribution < 1.29 is 0 Å². The first-order valence-corrected chi connectivity index (χ1v) is 7.21. The number of anilines is 2. The third kappa shape index (κ3) is 4.19. The Hall–Kier alpha value is -2.60. The third-order valence-electron chi connectivity index (χ3n) is 3.18. The van der Waals surface area contributed by atoms with E-state index in [-0.39, 0.29) is 0 Å². The molecule has 2 aromatic rings. The van der Waals surface area contributed by atoms with Gasteiger partial charge in [0.1, 0.15) is 0 Å². The summed E-state index contributed by atoms with van der Waals surface area (Å²) in [6.07, 6.45) is 11.3. The standard InChI is InChI=1S/C18H19N3/c1-2-3-4-5-13-21(18-7-6-12-20-15-18)17-10-8-16(14-19)9-11-17/h5-13,15H,2-4H2,1H3. The Labute approximate surface area is 126 Å². The van der Waals surface area contributed by atoms with Crippen LogP contribution in [0.15, 0.2) is 61.1 Å².